The highest BCUT2D eigenvalue weighted by Gasteiger charge is 2.20. The Kier molecular flexibility index (Phi) is 6.39. The Morgan fingerprint density at radius 3 is 1.66 bits per heavy atom. The van der Waals surface area contributed by atoms with Crippen molar-refractivity contribution >= 4 is 54.7 Å². The van der Waals surface area contributed by atoms with Gasteiger partial charge in [-0.05, 0) is 80.9 Å². The molecule has 1 heterocycles. The Labute approximate surface area is 274 Å². The lowest BCUT2D eigenvalue weighted by molar-refractivity contribution is 1.19. The van der Waals surface area contributed by atoms with Crippen LogP contribution in [-0.2, 0) is 0 Å². The molecule has 9 aromatic rings. The van der Waals surface area contributed by atoms with Gasteiger partial charge in [0.15, 0.2) is 0 Å². The van der Waals surface area contributed by atoms with Gasteiger partial charge in [0.1, 0.15) is 0 Å². The highest BCUT2D eigenvalue weighted by Crippen LogP contribution is 2.43. The molecule has 0 aliphatic rings. The van der Waals surface area contributed by atoms with E-state index < -0.39 is 0 Å². The standard InChI is InChI=1S/C45H32N2/c1-46(35-16-6-3-7-17-35)36-26-23-32(24-27-36)34-25-28-42-43(30-34)47(37-18-12-15-33(29-37)31-13-4-2-5-14-31)45-41-22-11-9-20-39(41)38-19-8-10-21-40(38)44(42)45/h2-30H,1H3. The molecule has 2 nitrogen and oxygen atoms in total. The third kappa shape index (κ3) is 4.49. The second-order valence-corrected chi connectivity index (χ2v) is 12.2. The third-order valence-corrected chi connectivity index (χ3v) is 9.58. The van der Waals surface area contributed by atoms with Crippen molar-refractivity contribution in [3.63, 3.8) is 0 Å². The Hall–Kier alpha value is -6.12. The summed E-state index contributed by atoms with van der Waals surface area (Å²) in [5.74, 6) is 0. The van der Waals surface area contributed by atoms with Crippen LogP contribution < -0.4 is 4.90 Å². The average Bonchev–Trinajstić information content (AvgIpc) is 3.50. The molecule has 0 aliphatic carbocycles. The number of fused-ring (bicyclic) bond motifs is 8. The molecule has 0 radical (unpaired) electrons. The van der Waals surface area contributed by atoms with Crippen LogP contribution in [0.5, 0.6) is 0 Å². The number of aromatic nitrogens is 1. The zero-order valence-corrected chi connectivity index (χ0v) is 26.1. The quantitative estimate of drug-likeness (QED) is 0.178. The van der Waals surface area contributed by atoms with Crippen LogP contribution in [-0.4, -0.2) is 11.6 Å². The minimum Gasteiger partial charge on any atom is -0.345 e. The highest BCUT2D eigenvalue weighted by atomic mass is 15.1. The summed E-state index contributed by atoms with van der Waals surface area (Å²) in [6, 6.07) is 63.8. The van der Waals surface area contributed by atoms with Crippen molar-refractivity contribution in [2.45, 2.75) is 0 Å². The number of nitrogens with zero attached hydrogens (tertiary/aromatic N) is 2. The summed E-state index contributed by atoms with van der Waals surface area (Å²) in [5.41, 5.74) is 10.7. The molecule has 47 heavy (non-hydrogen) atoms. The lowest BCUT2D eigenvalue weighted by Gasteiger charge is -2.19. The van der Waals surface area contributed by atoms with Crippen LogP contribution >= 0.6 is 0 Å². The van der Waals surface area contributed by atoms with Crippen molar-refractivity contribution in [1.29, 1.82) is 0 Å². The maximum absolute atomic E-state index is 2.49. The first kappa shape index (κ1) is 27.2. The number of benzene rings is 8. The van der Waals surface area contributed by atoms with E-state index in [-0.39, 0.29) is 0 Å². The predicted molar refractivity (Wildman–Crippen MR) is 201 cm³/mol. The average molecular weight is 601 g/mol. The van der Waals surface area contributed by atoms with Crippen molar-refractivity contribution in [2.75, 3.05) is 11.9 Å². The van der Waals surface area contributed by atoms with Crippen LogP contribution in [0.15, 0.2) is 176 Å². The number of anilines is 2. The monoisotopic (exact) mass is 600 g/mol. The summed E-state index contributed by atoms with van der Waals surface area (Å²) in [7, 11) is 2.12. The molecular weight excluding hydrogens is 569 g/mol. The number of rotatable bonds is 5. The molecular formula is C45H32N2. The molecule has 0 N–H and O–H groups in total. The van der Waals surface area contributed by atoms with E-state index in [2.05, 4.69) is 192 Å². The fourth-order valence-corrected chi connectivity index (χ4v) is 7.26. The van der Waals surface area contributed by atoms with Crippen LogP contribution in [0.4, 0.5) is 11.4 Å². The van der Waals surface area contributed by atoms with Gasteiger partial charge in [-0.2, -0.15) is 0 Å². The van der Waals surface area contributed by atoms with Crippen molar-refractivity contribution < 1.29 is 0 Å². The molecule has 0 fully saturated rings. The fraction of sp³-hybridized carbons (Fsp3) is 0.0222. The molecule has 0 aliphatic heterocycles. The van der Waals surface area contributed by atoms with E-state index in [0.29, 0.717) is 0 Å². The van der Waals surface area contributed by atoms with Gasteiger partial charge in [-0.25, -0.2) is 0 Å². The van der Waals surface area contributed by atoms with Gasteiger partial charge in [0.25, 0.3) is 0 Å². The van der Waals surface area contributed by atoms with Gasteiger partial charge in [0, 0.05) is 40.3 Å². The van der Waals surface area contributed by atoms with Gasteiger partial charge in [-0.3, -0.25) is 0 Å². The lowest BCUT2D eigenvalue weighted by atomic mass is 9.96. The molecule has 0 bridgehead atoms. The zero-order chi connectivity index (χ0) is 31.3. The van der Waals surface area contributed by atoms with Crippen molar-refractivity contribution in [1.82, 2.24) is 4.57 Å². The van der Waals surface area contributed by atoms with Gasteiger partial charge in [0.2, 0.25) is 0 Å². The van der Waals surface area contributed by atoms with E-state index in [1.165, 1.54) is 71.3 Å². The zero-order valence-electron chi connectivity index (χ0n) is 26.1. The Bertz CT molecular complexity index is 2560. The first-order valence-electron chi connectivity index (χ1n) is 16.2. The molecule has 2 heteroatoms. The van der Waals surface area contributed by atoms with E-state index in [1.54, 1.807) is 0 Å². The van der Waals surface area contributed by atoms with Crippen LogP contribution in [0.2, 0.25) is 0 Å². The van der Waals surface area contributed by atoms with Gasteiger partial charge in [-0.1, -0.05) is 133 Å². The summed E-state index contributed by atoms with van der Waals surface area (Å²) < 4.78 is 2.49. The Morgan fingerprint density at radius 1 is 0.383 bits per heavy atom. The van der Waals surface area contributed by atoms with E-state index >= 15 is 0 Å². The van der Waals surface area contributed by atoms with Crippen LogP contribution in [0.1, 0.15) is 0 Å². The molecule has 0 amide bonds. The second kappa shape index (κ2) is 11.0. The minimum atomic E-state index is 1.16. The van der Waals surface area contributed by atoms with E-state index in [4.69, 9.17) is 0 Å². The molecule has 0 unspecified atom stereocenters. The van der Waals surface area contributed by atoms with E-state index in [0.717, 1.165) is 11.4 Å². The van der Waals surface area contributed by atoms with Gasteiger partial charge in [-0.15, -0.1) is 0 Å². The van der Waals surface area contributed by atoms with Crippen LogP contribution in [0.3, 0.4) is 0 Å². The smallest absolute Gasteiger partial charge is 0.0625 e. The second-order valence-electron chi connectivity index (χ2n) is 12.2. The summed E-state index contributed by atoms with van der Waals surface area (Å²) in [6.07, 6.45) is 0. The van der Waals surface area contributed by atoms with Crippen LogP contribution in [0, 0.1) is 0 Å². The highest BCUT2D eigenvalue weighted by molar-refractivity contribution is 6.32. The summed E-state index contributed by atoms with van der Waals surface area (Å²) in [4.78, 5) is 2.22. The van der Waals surface area contributed by atoms with Crippen molar-refractivity contribution in [3.8, 4) is 27.9 Å². The summed E-state index contributed by atoms with van der Waals surface area (Å²) in [6.45, 7) is 0. The first-order valence-corrected chi connectivity index (χ1v) is 16.2. The molecule has 8 aromatic carbocycles. The molecule has 0 spiro atoms. The molecule has 0 saturated heterocycles. The molecule has 9 rings (SSSR count). The number of para-hydroxylation sites is 1. The topological polar surface area (TPSA) is 8.17 Å². The van der Waals surface area contributed by atoms with Gasteiger partial charge >= 0.3 is 0 Å². The number of hydrogen-bond acceptors (Lipinski definition) is 1. The van der Waals surface area contributed by atoms with Crippen molar-refractivity contribution in [3.05, 3.63) is 176 Å². The lowest BCUT2D eigenvalue weighted by Crippen LogP contribution is -2.08. The number of hydrogen-bond donors (Lipinski definition) is 0. The van der Waals surface area contributed by atoms with Gasteiger partial charge in [0.05, 0.1) is 11.0 Å². The molecule has 0 atom stereocenters. The van der Waals surface area contributed by atoms with E-state index in [1.807, 2.05) is 0 Å². The maximum Gasteiger partial charge on any atom is 0.0625 e. The fourth-order valence-electron chi connectivity index (χ4n) is 7.26. The molecule has 1 aromatic heterocycles. The molecule has 0 saturated carbocycles. The normalized spacial score (nSPS) is 11.5. The Balaban J connectivity index is 1.30. The maximum atomic E-state index is 2.49. The molecule has 222 valence electrons. The van der Waals surface area contributed by atoms with Gasteiger partial charge < -0.3 is 9.47 Å². The van der Waals surface area contributed by atoms with Crippen LogP contribution in [0.25, 0.3) is 71.3 Å². The SMILES string of the molecule is CN(c1ccccc1)c1ccc(-c2ccc3c4c5ccccc5c5ccccc5c4n(-c4cccc(-c5ccccc5)c4)c3c2)cc1. The summed E-state index contributed by atoms with van der Waals surface area (Å²) >= 11 is 0. The summed E-state index contributed by atoms with van der Waals surface area (Å²) in [5, 5.41) is 7.66. The predicted octanol–water partition coefficient (Wildman–Crippen LogP) is 12.2. The third-order valence-electron chi connectivity index (χ3n) is 9.58. The van der Waals surface area contributed by atoms with Crippen molar-refractivity contribution in [2.24, 2.45) is 0 Å². The minimum absolute atomic E-state index is 1.16. The Morgan fingerprint density at radius 2 is 0.915 bits per heavy atom. The largest absolute Gasteiger partial charge is 0.345 e. The first-order chi connectivity index (χ1) is 23.2. The van der Waals surface area contributed by atoms with E-state index in [9.17, 15) is 0 Å².